The molecule has 3 atom stereocenters. The second kappa shape index (κ2) is 4.37. The van der Waals surface area contributed by atoms with Crippen molar-refractivity contribution in [2.24, 2.45) is 5.73 Å². The molecular weight excluding hydrogens is 192 g/mol. The van der Waals surface area contributed by atoms with Gasteiger partial charge in [0.1, 0.15) is 0 Å². The van der Waals surface area contributed by atoms with Gasteiger partial charge in [0.05, 0.1) is 18.8 Å². The first-order valence-electron chi connectivity index (χ1n) is 5.88. The van der Waals surface area contributed by atoms with E-state index in [-0.39, 0.29) is 6.10 Å². The number of nitrogens with zero attached hydrogens (tertiary/aromatic N) is 1. The van der Waals surface area contributed by atoms with Crippen LogP contribution in [-0.2, 0) is 9.47 Å². The summed E-state index contributed by atoms with van der Waals surface area (Å²) >= 11 is 0. The highest BCUT2D eigenvalue weighted by molar-refractivity contribution is 4.91. The Balaban J connectivity index is 1.96. The van der Waals surface area contributed by atoms with Crippen molar-refractivity contribution in [3.8, 4) is 0 Å². The van der Waals surface area contributed by atoms with E-state index < -0.39 is 5.79 Å². The maximum atomic E-state index is 6.00. The average Bonchev–Trinajstić information content (AvgIpc) is 2.75. The molecule has 0 bridgehead atoms. The summed E-state index contributed by atoms with van der Waals surface area (Å²) in [6.07, 6.45) is 3.49. The number of nitrogens with two attached hydrogens (primary N) is 1. The summed E-state index contributed by atoms with van der Waals surface area (Å²) in [5.41, 5.74) is 5.53. The van der Waals surface area contributed by atoms with Gasteiger partial charge in [0.2, 0.25) is 0 Å². The zero-order valence-corrected chi connectivity index (χ0v) is 9.74. The first kappa shape index (κ1) is 11.3. The van der Waals surface area contributed by atoms with Crippen LogP contribution in [0, 0.1) is 0 Å². The predicted molar refractivity (Wildman–Crippen MR) is 58.6 cm³/mol. The van der Waals surface area contributed by atoms with Crippen LogP contribution in [0.25, 0.3) is 0 Å². The number of ether oxygens (including phenoxy) is 2. The Bertz CT molecular complexity index is 225. The van der Waals surface area contributed by atoms with Crippen LogP contribution >= 0.6 is 0 Å². The molecule has 0 aromatic rings. The third-order valence-electron chi connectivity index (χ3n) is 3.57. The fourth-order valence-electron chi connectivity index (χ4n) is 2.73. The van der Waals surface area contributed by atoms with E-state index in [1.165, 1.54) is 12.8 Å². The maximum absolute atomic E-state index is 6.00. The largest absolute Gasteiger partial charge is 0.346 e. The van der Waals surface area contributed by atoms with Crippen molar-refractivity contribution in [1.82, 2.24) is 4.90 Å². The molecule has 4 heteroatoms. The van der Waals surface area contributed by atoms with Gasteiger partial charge in [0.25, 0.3) is 0 Å². The zero-order valence-electron chi connectivity index (χ0n) is 9.74. The fourth-order valence-corrected chi connectivity index (χ4v) is 2.73. The Labute approximate surface area is 91.7 Å². The van der Waals surface area contributed by atoms with Crippen molar-refractivity contribution in [1.29, 1.82) is 0 Å². The van der Waals surface area contributed by atoms with Crippen molar-refractivity contribution in [3.05, 3.63) is 0 Å². The van der Waals surface area contributed by atoms with Crippen LogP contribution in [0.4, 0.5) is 0 Å². The van der Waals surface area contributed by atoms with Crippen LogP contribution in [0.1, 0.15) is 26.2 Å². The molecule has 2 fully saturated rings. The third kappa shape index (κ3) is 2.18. The van der Waals surface area contributed by atoms with Gasteiger partial charge in [0.15, 0.2) is 5.79 Å². The lowest BCUT2D eigenvalue weighted by Crippen LogP contribution is -2.47. The number of likely N-dealkylation sites (N-methyl/N-ethyl adjacent to an activating group) is 1. The normalized spacial score (nSPS) is 42.6. The highest BCUT2D eigenvalue weighted by Crippen LogP contribution is 2.35. The van der Waals surface area contributed by atoms with Crippen LogP contribution in [0.5, 0.6) is 0 Å². The molecule has 0 aromatic carbocycles. The Morgan fingerprint density at radius 2 is 2.33 bits per heavy atom. The highest BCUT2D eigenvalue weighted by Gasteiger charge is 2.46. The maximum Gasteiger partial charge on any atom is 0.181 e. The zero-order chi connectivity index (χ0) is 10.9. The lowest BCUT2D eigenvalue weighted by atomic mass is 10.1. The topological polar surface area (TPSA) is 47.7 Å². The van der Waals surface area contributed by atoms with Gasteiger partial charge in [-0.15, -0.1) is 0 Å². The summed E-state index contributed by atoms with van der Waals surface area (Å²) in [7, 11) is 2.14. The number of hydrogen-bond acceptors (Lipinski definition) is 4. The lowest BCUT2D eigenvalue weighted by Gasteiger charge is -2.34. The quantitative estimate of drug-likeness (QED) is 0.746. The van der Waals surface area contributed by atoms with E-state index in [2.05, 4.69) is 18.9 Å². The summed E-state index contributed by atoms with van der Waals surface area (Å²) in [6, 6.07) is 0.403. The van der Waals surface area contributed by atoms with Gasteiger partial charge in [-0.2, -0.15) is 0 Å². The van der Waals surface area contributed by atoms with E-state index in [0.29, 0.717) is 19.2 Å². The van der Waals surface area contributed by atoms with Crippen molar-refractivity contribution in [2.45, 2.75) is 44.1 Å². The van der Waals surface area contributed by atoms with Crippen LogP contribution < -0.4 is 5.73 Å². The molecule has 2 aliphatic rings. The molecule has 4 nitrogen and oxygen atoms in total. The molecule has 0 saturated carbocycles. The summed E-state index contributed by atoms with van der Waals surface area (Å²) in [5, 5.41) is 0. The van der Waals surface area contributed by atoms with E-state index in [0.717, 1.165) is 13.0 Å². The van der Waals surface area contributed by atoms with Crippen LogP contribution in [0.15, 0.2) is 0 Å². The van der Waals surface area contributed by atoms with Crippen molar-refractivity contribution in [2.75, 3.05) is 26.7 Å². The average molecular weight is 214 g/mol. The lowest BCUT2D eigenvalue weighted by molar-refractivity contribution is -0.189. The molecule has 0 spiro atoms. The molecule has 2 saturated heterocycles. The minimum atomic E-state index is -0.412. The summed E-state index contributed by atoms with van der Waals surface area (Å²) in [6.45, 7) is 4.58. The van der Waals surface area contributed by atoms with Gasteiger partial charge in [-0.1, -0.05) is 0 Å². The molecule has 3 unspecified atom stereocenters. The Morgan fingerprint density at radius 1 is 1.53 bits per heavy atom. The molecular formula is C11H22N2O2. The van der Waals surface area contributed by atoms with Gasteiger partial charge in [-0.3, -0.25) is 4.90 Å². The van der Waals surface area contributed by atoms with Crippen molar-refractivity contribution >= 4 is 0 Å². The predicted octanol–water partition coefficient (Wildman–Crippen LogP) is 0.561. The summed E-state index contributed by atoms with van der Waals surface area (Å²) < 4.78 is 11.8. The van der Waals surface area contributed by atoms with E-state index >= 15 is 0 Å². The number of rotatable bonds is 3. The van der Waals surface area contributed by atoms with Gasteiger partial charge >= 0.3 is 0 Å². The van der Waals surface area contributed by atoms with Crippen LogP contribution in [0.2, 0.25) is 0 Å². The van der Waals surface area contributed by atoms with Crippen molar-refractivity contribution in [3.63, 3.8) is 0 Å². The molecule has 88 valence electrons. The minimum absolute atomic E-state index is 0.189. The SMILES string of the molecule is CN1CCCC1C1(C)OCC(CCN)O1. The summed E-state index contributed by atoms with van der Waals surface area (Å²) in [5.74, 6) is -0.412. The molecule has 0 aliphatic carbocycles. The molecule has 2 heterocycles. The molecule has 2 rings (SSSR count). The fraction of sp³-hybridized carbons (Fsp3) is 1.00. The molecule has 2 N–H and O–H groups in total. The minimum Gasteiger partial charge on any atom is -0.346 e. The summed E-state index contributed by atoms with van der Waals surface area (Å²) in [4.78, 5) is 2.34. The highest BCUT2D eigenvalue weighted by atomic mass is 16.7. The van der Waals surface area contributed by atoms with E-state index in [9.17, 15) is 0 Å². The molecule has 0 amide bonds. The number of hydrogen-bond donors (Lipinski definition) is 1. The van der Waals surface area contributed by atoms with E-state index in [1.54, 1.807) is 0 Å². The smallest absolute Gasteiger partial charge is 0.181 e. The van der Waals surface area contributed by atoms with Gasteiger partial charge in [-0.05, 0) is 46.3 Å². The molecule has 2 aliphatic heterocycles. The molecule has 15 heavy (non-hydrogen) atoms. The van der Waals surface area contributed by atoms with E-state index in [4.69, 9.17) is 15.2 Å². The second-order valence-electron chi connectivity index (χ2n) is 4.78. The van der Waals surface area contributed by atoms with E-state index in [1.807, 2.05) is 0 Å². The van der Waals surface area contributed by atoms with Gasteiger partial charge in [0, 0.05) is 0 Å². The standard InChI is InChI=1S/C11H22N2O2/c1-11(10-4-3-7-13(10)2)14-8-9(15-11)5-6-12/h9-10H,3-8,12H2,1-2H3. The second-order valence-corrected chi connectivity index (χ2v) is 4.78. The Hall–Kier alpha value is -0.160. The van der Waals surface area contributed by atoms with Gasteiger partial charge < -0.3 is 15.2 Å². The van der Waals surface area contributed by atoms with Crippen LogP contribution in [-0.4, -0.2) is 49.6 Å². The molecule has 0 aromatic heterocycles. The first-order chi connectivity index (χ1) is 7.15. The van der Waals surface area contributed by atoms with Gasteiger partial charge in [-0.25, -0.2) is 0 Å². The number of likely N-dealkylation sites (tertiary alicyclic amines) is 1. The Morgan fingerprint density at radius 3 is 2.93 bits per heavy atom. The first-order valence-corrected chi connectivity index (χ1v) is 5.88. The monoisotopic (exact) mass is 214 g/mol. The third-order valence-corrected chi connectivity index (χ3v) is 3.57. The van der Waals surface area contributed by atoms with Crippen molar-refractivity contribution < 1.29 is 9.47 Å². The molecule has 0 radical (unpaired) electrons. The van der Waals surface area contributed by atoms with Crippen LogP contribution in [0.3, 0.4) is 0 Å². The Kier molecular flexibility index (Phi) is 3.30.